The number of ether oxygens (including phenoxy) is 1. The fourth-order valence-electron chi connectivity index (χ4n) is 5.80. The second kappa shape index (κ2) is 12.0. The van der Waals surface area contributed by atoms with Crippen LogP contribution in [0.3, 0.4) is 0 Å². The molecule has 3 heterocycles. The number of alkyl halides is 3. The van der Waals surface area contributed by atoms with E-state index in [1.165, 1.54) is 22.5 Å². The number of aliphatic imine (C=N–C) groups is 1. The molecule has 0 atom stereocenters. The molecule has 2 amide bonds. The molecule has 236 valence electrons. The number of nitrogens with zero attached hydrogens (tertiary/aromatic N) is 3. The molecule has 2 aromatic carbocycles. The van der Waals surface area contributed by atoms with E-state index in [4.69, 9.17) is 0 Å². The number of aryl methyl sites for hydroxylation is 2. The van der Waals surface area contributed by atoms with Crippen LogP contribution in [0.2, 0.25) is 0 Å². The minimum atomic E-state index is -4.87. The number of halogens is 3. The van der Waals surface area contributed by atoms with Gasteiger partial charge in [-0.05, 0) is 86.6 Å². The molecular weight excluding hydrogens is 601 g/mol. The van der Waals surface area contributed by atoms with Gasteiger partial charge in [0.15, 0.2) is 0 Å². The normalized spacial score (nSPS) is 19.8. The molecule has 1 spiro atoms. The first-order valence-corrected chi connectivity index (χ1v) is 15.7. The fraction of sp³-hybridized carbons (Fsp3) is 0.433. The lowest BCUT2D eigenvalue weighted by molar-refractivity contribution is -0.274. The first kappa shape index (κ1) is 31.7. The summed E-state index contributed by atoms with van der Waals surface area (Å²) in [6.07, 6.45) is -2.50. The van der Waals surface area contributed by atoms with Crippen LogP contribution in [-0.2, 0) is 14.8 Å². The Labute approximate surface area is 253 Å². The Morgan fingerprint density at radius 1 is 1.09 bits per heavy atom. The van der Waals surface area contributed by atoms with Gasteiger partial charge < -0.3 is 20.1 Å². The Bertz CT molecular complexity index is 1600. The van der Waals surface area contributed by atoms with Crippen LogP contribution >= 0.6 is 0 Å². The Kier molecular flexibility index (Phi) is 8.62. The van der Waals surface area contributed by atoms with E-state index in [-0.39, 0.29) is 43.2 Å². The molecule has 5 rings (SSSR count). The van der Waals surface area contributed by atoms with E-state index in [9.17, 15) is 36.3 Å². The van der Waals surface area contributed by atoms with E-state index < -0.39 is 39.7 Å². The Morgan fingerprint density at radius 3 is 2.34 bits per heavy atom. The number of aliphatic hydroxyl groups is 1. The number of amidine groups is 1. The monoisotopic (exact) mass is 634 g/mol. The summed E-state index contributed by atoms with van der Waals surface area (Å²) in [6.45, 7) is 4.61. The molecule has 0 unspecified atom stereocenters. The number of rotatable bonds is 6. The summed E-state index contributed by atoms with van der Waals surface area (Å²) in [4.78, 5) is 32.1. The van der Waals surface area contributed by atoms with Crippen LogP contribution in [-0.4, -0.2) is 84.6 Å². The van der Waals surface area contributed by atoms with Gasteiger partial charge in [0, 0.05) is 42.7 Å². The van der Waals surface area contributed by atoms with E-state index in [2.05, 4.69) is 15.0 Å². The number of nitrogens with one attached hydrogen (secondary N) is 1. The van der Waals surface area contributed by atoms with E-state index in [1.807, 2.05) is 0 Å². The van der Waals surface area contributed by atoms with Gasteiger partial charge in [0.1, 0.15) is 17.1 Å². The first-order chi connectivity index (χ1) is 20.7. The van der Waals surface area contributed by atoms with Crippen molar-refractivity contribution >= 4 is 33.7 Å². The molecule has 2 saturated heterocycles. The Morgan fingerprint density at radius 2 is 1.73 bits per heavy atom. The number of piperidine rings is 2. The number of sulfonamides is 1. The lowest BCUT2D eigenvalue weighted by atomic mass is 9.89. The van der Waals surface area contributed by atoms with E-state index in [0.717, 1.165) is 28.7 Å². The van der Waals surface area contributed by atoms with Gasteiger partial charge in [-0.15, -0.1) is 13.2 Å². The molecule has 0 aliphatic carbocycles. The van der Waals surface area contributed by atoms with Crippen molar-refractivity contribution in [1.82, 2.24) is 14.5 Å². The minimum absolute atomic E-state index is 0.0179. The van der Waals surface area contributed by atoms with Crippen molar-refractivity contribution in [1.29, 1.82) is 0 Å². The number of amides is 2. The smallest absolute Gasteiger partial charge is 0.406 e. The second-order valence-corrected chi connectivity index (χ2v) is 13.1. The van der Waals surface area contributed by atoms with Crippen LogP contribution in [0.15, 0.2) is 46.8 Å². The summed E-state index contributed by atoms with van der Waals surface area (Å²) < 4.78 is 69.6. The third-order valence-electron chi connectivity index (χ3n) is 8.23. The molecule has 0 radical (unpaired) electrons. The molecular formula is C30H33F3N4O6S. The predicted molar refractivity (Wildman–Crippen MR) is 156 cm³/mol. The van der Waals surface area contributed by atoms with Crippen molar-refractivity contribution in [3.05, 3.63) is 69.6 Å². The Hall–Kier alpha value is -3.75. The summed E-state index contributed by atoms with van der Waals surface area (Å²) in [7, 11) is -3.87. The van der Waals surface area contributed by atoms with E-state index in [0.29, 0.717) is 37.1 Å². The minimum Gasteiger partial charge on any atom is -0.406 e. The molecule has 0 saturated carbocycles. The zero-order valence-electron chi connectivity index (χ0n) is 24.2. The molecule has 44 heavy (non-hydrogen) atoms. The molecule has 14 heteroatoms. The highest BCUT2D eigenvalue weighted by atomic mass is 32.2. The van der Waals surface area contributed by atoms with Crippen molar-refractivity contribution in [2.45, 2.75) is 57.5 Å². The summed E-state index contributed by atoms with van der Waals surface area (Å²) in [5.74, 6) is -0.916. The van der Waals surface area contributed by atoms with Gasteiger partial charge in [0.2, 0.25) is 10.0 Å². The van der Waals surface area contributed by atoms with Crippen molar-refractivity contribution in [2.24, 2.45) is 4.99 Å². The number of carbonyl (C=O) groups is 2. The van der Waals surface area contributed by atoms with Gasteiger partial charge >= 0.3 is 6.36 Å². The van der Waals surface area contributed by atoms with Gasteiger partial charge in [-0.1, -0.05) is 12.1 Å². The number of hydrogen-bond acceptors (Lipinski definition) is 7. The Balaban J connectivity index is 1.26. The summed E-state index contributed by atoms with van der Waals surface area (Å²) in [5.41, 5.74) is 1.67. The zero-order valence-corrected chi connectivity index (χ0v) is 25.0. The topological polar surface area (TPSA) is 129 Å². The average Bonchev–Trinajstić information content (AvgIpc) is 3.27. The second-order valence-electron chi connectivity index (χ2n) is 11.3. The molecule has 10 nitrogen and oxygen atoms in total. The van der Waals surface area contributed by atoms with Crippen molar-refractivity contribution in [2.75, 3.05) is 26.2 Å². The highest BCUT2D eigenvalue weighted by Crippen LogP contribution is 2.33. The molecule has 3 aliphatic heterocycles. The highest BCUT2D eigenvalue weighted by molar-refractivity contribution is 7.92. The highest BCUT2D eigenvalue weighted by Gasteiger charge is 2.47. The van der Waals surface area contributed by atoms with Crippen molar-refractivity contribution in [3.63, 3.8) is 0 Å². The molecule has 2 aromatic rings. The number of hydrogen-bond donors (Lipinski definition) is 2. The van der Waals surface area contributed by atoms with Gasteiger partial charge in [0.25, 0.3) is 11.8 Å². The largest absolute Gasteiger partial charge is 0.573 e. The molecule has 3 aliphatic rings. The first-order valence-electron chi connectivity index (χ1n) is 14.2. The van der Waals surface area contributed by atoms with Crippen LogP contribution in [0.5, 0.6) is 5.75 Å². The van der Waals surface area contributed by atoms with Gasteiger partial charge in [-0.2, -0.15) is 4.31 Å². The van der Waals surface area contributed by atoms with Crippen LogP contribution in [0, 0.1) is 13.8 Å². The summed E-state index contributed by atoms with van der Waals surface area (Å²) >= 11 is 0. The third kappa shape index (κ3) is 6.81. The quantitative estimate of drug-likeness (QED) is 0.501. The van der Waals surface area contributed by atoms with Crippen LogP contribution in [0.4, 0.5) is 13.2 Å². The van der Waals surface area contributed by atoms with Crippen LogP contribution in [0.1, 0.15) is 58.3 Å². The number of benzene rings is 2. The average molecular weight is 635 g/mol. The van der Waals surface area contributed by atoms with Crippen LogP contribution < -0.4 is 10.1 Å². The maximum atomic E-state index is 13.2. The maximum Gasteiger partial charge on any atom is 0.573 e. The zero-order chi connectivity index (χ0) is 31.9. The van der Waals surface area contributed by atoms with Gasteiger partial charge in [-0.3, -0.25) is 14.6 Å². The fourth-order valence-corrected chi connectivity index (χ4v) is 6.97. The van der Waals surface area contributed by atoms with E-state index >= 15 is 0 Å². The maximum absolute atomic E-state index is 13.2. The summed E-state index contributed by atoms with van der Waals surface area (Å²) in [5, 5.41) is 13.5. The van der Waals surface area contributed by atoms with Gasteiger partial charge in [-0.25, -0.2) is 8.42 Å². The lowest BCUT2D eigenvalue weighted by Crippen LogP contribution is -2.50. The van der Waals surface area contributed by atoms with Crippen molar-refractivity contribution in [3.8, 4) is 5.75 Å². The molecule has 0 aromatic heterocycles. The third-order valence-corrected chi connectivity index (χ3v) is 9.79. The number of likely N-dealkylation sites (tertiary alicyclic amines) is 1. The van der Waals surface area contributed by atoms with Crippen molar-refractivity contribution < 1.29 is 41.0 Å². The van der Waals surface area contributed by atoms with Gasteiger partial charge in [0.05, 0.1) is 6.10 Å². The number of aliphatic hydroxyl groups excluding tert-OH is 1. The standard InChI is InChI=1S/C30H33F3N4O6S/c1-19-16-22(27(39)36-11-6-23(38)7-12-36)17-20(2)25(19)8-15-44(41,42)37-13-9-29(10-14-37)28(40)34-26(35-29)21-4-3-5-24(18-21)43-30(31,32)33/h3-5,8,15-18,23,38H,6-7,9-14H2,1-2H3,(H,34,35,40)/b15-8+. The SMILES string of the molecule is Cc1cc(C(=O)N2CCC(O)CC2)cc(C)c1/C=C/S(=O)(=O)N1CCC2(CC1)N=C(c1cccc(OC(F)(F)F)c1)NC2=O. The van der Waals surface area contributed by atoms with Crippen LogP contribution in [0.25, 0.3) is 6.08 Å². The number of carbonyl (C=O) groups excluding carboxylic acids is 2. The molecule has 0 bridgehead atoms. The van der Waals surface area contributed by atoms with E-state index in [1.54, 1.807) is 30.9 Å². The molecule has 2 fully saturated rings. The lowest BCUT2D eigenvalue weighted by Gasteiger charge is -2.34. The summed E-state index contributed by atoms with van der Waals surface area (Å²) in [6, 6.07) is 8.58. The predicted octanol–water partition coefficient (Wildman–Crippen LogP) is 3.51. The molecule has 2 N–H and O–H groups in total.